The second-order valence-electron chi connectivity index (χ2n) is 25.7. The van der Waals surface area contributed by atoms with Crippen LogP contribution in [0.1, 0.15) is 172 Å². The first kappa shape index (κ1) is 71.3. The Bertz CT molecular complexity index is 2180. The number of ether oxygens (including phenoxy) is 2. The van der Waals surface area contributed by atoms with Crippen LogP contribution in [-0.4, -0.2) is 61.8 Å². The molecule has 23 heteroatoms. The smallest absolute Gasteiger partial charge is 0.310 e. The van der Waals surface area contributed by atoms with Crippen molar-refractivity contribution < 1.29 is 23.9 Å². The van der Waals surface area contributed by atoms with Crippen molar-refractivity contribution >= 4 is 75.2 Å². The molecule has 0 saturated heterocycles. The number of amidine groups is 2. The van der Waals surface area contributed by atoms with Gasteiger partial charge in [-0.3, -0.25) is 15.3 Å². The van der Waals surface area contributed by atoms with Crippen LogP contribution in [0, 0.1) is 37.9 Å². The van der Waals surface area contributed by atoms with Crippen LogP contribution in [0.3, 0.4) is 0 Å². The number of H-pyrrole nitrogens is 1. The molecule has 0 bridgehead atoms. The summed E-state index contributed by atoms with van der Waals surface area (Å²) in [6, 6.07) is 0. The molecule has 0 atom stereocenters. The standard InChI is InChI=1S/3C7H12N2O.3C7H12N2S.C6H11N3.C6H12O2/c1-5-8-9-6(10-5)7(2,3)4;1-5-8-6(9-10-5)7(2,3)4;1-5-8-6(10-9-5)7(2,3)4;1-5-8-9-6(10-5)7(2,3)4;1-5-8-6(9-10-5)7(2,3)4;1-5-8-6(10-9-5)7(2,3)4;1-6(2,3)5-7-4-8-9-5;1-6(2,3)5(7)8-4/h8H,1H2,2-4H3;1H2,2-4H3,(H,8,9);9H,1H2,2-4H3;8H,1H2,2-4H3;1H2,2-4H3,(H,8,9);9H,1H2,2-4H3;4H,1-3H3,(H,7,8,9);1-4H3. The van der Waals surface area contributed by atoms with E-state index in [-0.39, 0.29) is 49.3 Å². The van der Waals surface area contributed by atoms with Crippen LogP contribution in [0.2, 0.25) is 0 Å². The van der Waals surface area contributed by atoms with E-state index >= 15 is 0 Å². The maximum atomic E-state index is 10.6. The lowest BCUT2D eigenvalue weighted by Gasteiger charge is -2.16. The summed E-state index contributed by atoms with van der Waals surface area (Å²) in [5.41, 5.74) is 10.9. The number of nitrogens with zero attached hydrogens (tertiary/aromatic N) is 8. The van der Waals surface area contributed by atoms with Gasteiger partial charge in [-0.05, 0) is 33.9 Å². The van der Waals surface area contributed by atoms with Crippen LogP contribution in [-0.2, 0) is 29.4 Å². The number of rotatable bonds is 0. The van der Waals surface area contributed by atoms with E-state index in [1.54, 1.807) is 23.7 Å². The summed E-state index contributed by atoms with van der Waals surface area (Å²) >= 11 is 4.66. The van der Waals surface area contributed by atoms with Crippen molar-refractivity contribution in [1.82, 2.24) is 46.4 Å². The molecule has 434 valence electrons. The average molecular weight is 1130 g/mol. The zero-order valence-corrected chi connectivity index (χ0v) is 53.6. The van der Waals surface area contributed by atoms with Gasteiger partial charge in [-0.2, -0.15) is 20.2 Å². The van der Waals surface area contributed by atoms with E-state index in [2.05, 4.69) is 225 Å². The summed E-state index contributed by atoms with van der Waals surface area (Å²) in [6.45, 7) is 71.2. The van der Waals surface area contributed by atoms with Crippen LogP contribution in [0.5, 0.6) is 0 Å². The van der Waals surface area contributed by atoms with Gasteiger partial charge in [0.2, 0.25) is 23.6 Å². The summed E-state index contributed by atoms with van der Waals surface area (Å²) < 4.78 is 15.8. The largest absolute Gasteiger partial charge is 0.469 e. The zero-order valence-electron chi connectivity index (χ0n) is 51.2. The van der Waals surface area contributed by atoms with Crippen molar-refractivity contribution in [3.63, 3.8) is 0 Å². The number of hydrazone groups is 2. The van der Waals surface area contributed by atoms with E-state index in [0.717, 1.165) is 43.5 Å². The number of carbonyl (C=O) groups excluding carboxylic acids is 1. The Hall–Kier alpha value is -5.68. The van der Waals surface area contributed by atoms with Gasteiger partial charge in [-0.25, -0.2) is 31.4 Å². The Labute approximate surface area is 475 Å². The number of methoxy groups -OCH3 is 1. The highest BCUT2D eigenvalue weighted by Gasteiger charge is 2.29. The molecule has 0 saturated carbocycles. The van der Waals surface area contributed by atoms with Crippen LogP contribution in [0.15, 0.2) is 109 Å². The van der Waals surface area contributed by atoms with Gasteiger partial charge in [0.1, 0.15) is 44.8 Å². The molecule has 6 aliphatic rings. The van der Waals surface area contributed by atoms with Gasteiger partial charge in [-0.1, -0.05) is 183 Å². The number of hydroxylamine groups is 2. The molecule has 0 unspecified atom stereocenters. The number of hydrogen-bond acceptors (Lipinski definition) is 22. The second kappa shape index (κ2) is 29.3. The quantitative estimate of drug-likeness (QED) is 0.0944. The Morgan fingerprint density at radius 1 is 0.545 bits per heavy atom. The highest BCUT2D eigenvalue weighted by atomic mass is 32.2. The maximum absolute atomic E-state index is 10.6. The summed E-state index contributed by atoms with van der Waals surface area (Å²) in [5, 5.41) is 18.6. The fraction of sp³-hybridized carbons (Fsp3) is 0.611. The van der Waals surface area contributed by atoms with E-state index in [4.69, 9.17) is 14.4 Å². The second-order valence-corrected chi connectivity index (χ2v) is 28.4. The molecule has 0 aromatic carbocycles. The molecule has 7 heterocycles. The Kier molecular flexibility index (Phi) is 27.2. The first-order chi connectivity index (χ1) is 34.6. The first-order valence-corrected chi connectivity index (χ1v) is 27.2. The van der Waals surface area contributed by atoms with Crippen molar-refractivity contribution in [3.8, 4) is 0 Å². The molecule has 77 heavy (non-hydrogen) atoms. The summed E-state index contributed by atoms with van der Waals surface area (Å²) in [5.74, 6) is 6.27. The van der Waals surface area contributed by atoms with Gasteiger partial charge in [0.15, 0.2) is 5.82 Å². The lowest BCUT2D eigenvalue weighted by atomic mass is 9.95. The molecule has 1 aromatic heterocycles. The van der Waals surface area contributed by atoms with Crippen LogP contribution in [0.4, 0.5) is 0 Å². The van der Waals surface area contributed by atoms with Crippen molar-refractivity contribution in [2.75, 3.05) is 7.11 Å². The predicted molar refractivity (Wildman–Crippen MR) is 328 cm³/mol. The third kappa shape index (κ3) is 29.6. The molecule has 0 radical (unpaired) electrons. The molecular formula is C54H95N15O5S3. The number of aromatic nitrogens is 3. The van der Waals surface area contributed by atoms with Gasteiger partial charge >= 0.3 is 5.97 Å². The first-order valence-electron chi connectivity index (χ1n) is 24.8. The Balaban J connectivity index is 0.000000858. The van der Waals surface area contributed by atoms with Gasteiger partial charge in [0, 0.05) is 61.8 Å². The Morgan fingerprint density at radius 2 is 1.09 bits per heavy atom. The van der Waals surface area contributed by atoms with E-state index in [1.807, 2.05) is 62.3 Å². The minimum Gasteiger partial charge on any atom is -0.469 e. The zero-order chi connectivity index (χ0) is 60.3. The van der Waals surface area contributed by atoms with Crippen LogP contribution >= 0.6 is 35.7 Å². The highest BCUT2D eigenvalue weighted by molar-refractivity contribution is 8.17. The highest BCUT2D eigenvalue weighted by Crippen LogP contribution is 2.32. The molecule has 0 aliphatic carbocycles. The molecule has 0 fully saturated rings. The topological polar surface area (TPSA) is 242 Å². The Morgan fingerprint density at radius 3 is 1.27 bits per heavy atom. The average Bonchev–Trinajstić information content (AvgIpc) is 4.10. The molecule has 7 N–H and O–H groups in total. The van der Waals surface area contributed by atoms with Gasteiger partial charge in [-0.15, -0.1) is 5.10 Å². The summed E-state index contributed by atoms with van der Waals surface area (Å²) in [6.07, 6.45) is 1.53. The normalized spacial score (nSPS) is 16.8. The predicted octanol–water partition coefficient (Wildman–Crippen LogP) is 13.1. The number of thioether (sulfide) groups is 1. The van der Waals surface area contributed by atoms with Gasteiger partial charge < -0.3 is 28.6 Å². The van der Waals surface area contributed by atoms with Crippen molar-refractivity contribution in [2.24, 2.45) is 68.1 Å². The van der Waals surface area contributed by atoms with Crippen LogP contribution < -0.4 is 31.3 Å². The number of hydrogen-bond donors (Lipinski definition) is 7. The van der Waals surface area contributed by atoms with Crippen molar-refractivity contribution in [2.45, 2.75) is 172 Å². The van der Waals surface area contributed by atoms with Crippen molar-refractivity contribution in [1.29, 1.82) is 0 Å². The monoisotopic (exact) mass is 1130 g/mol. The third-order valence-electron chi connectivity index (χ3n) is 8.92. The molecule has 0 amide bonds. The number of esters is 1. The van der Waals surface area contributed by atoms with Crippen molar-refractivity contribution in [3.05, 3.63) is 85.1 Å². The minimum atomic E-state index is -0.352. The van der Waals surface area contributed by atoms with E-state index in [9.17, 15) is 4.79 Å². The number of nitrogens with one attached hydrogen (secondary N) is 7. The molecule has 1 aromatic rings. The molecule has 0 spiro atoms. The summed E-state index contributed by atoms with van der Waals surface area (Å²) in [7, 11) is 1.40. The van der Waals surface area contributed by atoms with E-state index in [1.165, 1.54) is 25.4 Å². The lowest BCUT2D eigenvalue weighted by Crippen LogP contribution is -2.30. The van der Waals surface area contributed by atoms with E-state index < -0.39 is 0 Å². The lowest BCUT2D eigenvalue weighted by molar-refractivity contribution is -0.149. The number of aliphatic imine (C=N–C) groups is 4. The van der Waals surface area contributed by atoms with Crippen LogP contribution in [0.25, 0.3) is 0 Å². The molecule has 6 aliphatic heterocycles. The third-order valence-corrected chi connectivity index (χ3v) is 12.0. The van der Waals surface area contributed by atoms with Gasteiger partial charge in [0.25, 0.3) is 0 Å². The SMILES string of the molecule is C=C1N=C(C(C)(C)C)NO1.C=C1N=C(C(C)(C)C)NS1.C=C1N=C(C(C)(C)C)ON1.C=C1N=C(C(C)(C)C)SN1.C=C1NN=C(C(C)(C)C)O1.C=C1NN=C(C(C)(C)C)S1.CC(C)(C)c1ncn[nH]1.COC(=O)C(C)(C)C. The fourth-order valence-corrected chi connectivity index (χ4v) is 6.60. The summed E-state index contributed by atoms with van der Waals surface area (Å²) in [4.78, 5) is 41.1. The molecule has 7 rings (SSSR count). The fourth-order valence-electron chi connectivity index (χ4n) is 4.45. The van der Waals surface area contributed by atoms with E-state index in [0.29, 0.717) is 29.4 Å². The molecular weight excluding hydrogens is 1030 g/mol. The number of carbonyl (C=O) groups is 1. The van der Waals surface area contributed by atoms with Gasteiger partial charge in [0.05, 0.1) is 17.6 Å². The maximum Gasteiger partial charge on any atom is 0.310 e. The molecule has 20 nitrogen and oxygen atoms in total. The minimum absolute atomic E-state index is 0.0133. The number of aromatic amines is 1.